The molecular formula is C24H31NO3. The van der Waals surface area contributed by atoms with Crippen molar-refractivity contribution in [2.45, 2.75) is 45.1 Å². The number of hydrogen-bond acceptors (Lipinski definition) is 3. The first-order valence-corrected chi connectivity index (χ1v) is 10.4. The lowest BCUT2D eigenvalue weighted by Gasteiger charge is -2.36. The van der Waals surface area contributed by atoms with Crippen LogP contribution in [0.4, 0.5) is 0 Å². The number of methoxy groups -OCH3 is 1. The zero-order valence-corrected chi connectivity index (χ0v) is 17.0. The molecule has 1 aliphatic heterocycles. The van der Waals surface area contributed by atoms with Crippen LogP contribution in [0.5, 0.6) is 5.75 Å². The van der Waals surface area contributed by atoms with E-state index in [9.17, 15) is 4.79 Å². The van der Waals surface area contributed by atoms with Crippen LogP contribution in [0.3, 0.4) is 0 Å². The third-order valence-corrected chi connectivity index (χ3v) is 5.36. The largest absolute Gasteiger partial charge is 0.494 e. The SMILES string of the molecule is CCOc1cccc(-c2cccc(C(=O)N3CCCCC3CCCOC)c2)c1. The molecule has 0 spiro atoms. The number of nitrogens with zero attached hydrogens (tertiary/aromatic N) is 1. The summed E-state index contributed by atoms with van der Waals surface area (Å²) in [6.07, 6.45) is 5.38. The topological polar surface area (TPSA) is 38.8 Å². The van der Waals surface area contributed by atoms with E-state index in [1.54, 1.807) is 7.11 Å². The van der Waals surface area contributed by atoms with Gasteiger partial charge in [0.15, 0.2) is 0 Å². The highest BCUT2D eigenvalue weighted by Gasteiger charge is 2.27. The molecule has 0 saturated carbocycles. The Kier molecular flexibility index (Phi) is 7.49. The lowest BCUT2D eigenvalue weighted by Crippen LogP contribution is -2.43. The maximum Gasteiger partial charge on any atom is 0.254 e. The Morgan fingerprint density at radius 2 is 1.89 bits per heavy atom. The monoisotopic (exact) mass is 381 g/mol. The van der Waals surface area contributed by atoms with Crippen molar-refractivity contribution in [3.8, 4) is 16.9 Å². The molecule has 0 radical (unpaired) electrons. The summed E-state index contributed by atoms with van der Waals surface area (Å²) in [5, 5.41) is 0. The summed E-state index contributed by atoms with van der Waals surface area (Å²) in [7, 11) is 1.73. The van der Waals surface area contributed by atoms with Crippen LogP contribution in [-0.2, 0) is 4.74 Å². The molecule has 1 fully saturated rings. The van der Waals surface area contributed by atoms with Gasteiger partial charge in [-0.05, 0) is 74.4 Å². The zero-order valence-electron chi connectivity index (χ0n) is 17.0. The van der Waals surface area contributed by atoms with Crippen molar-refractivity contribution in [3.05, 3.63) is 54.1 Å². The van der Waals surface area contributed by atoms with E-state index in [1.807, 2.05) is 49.4 Å². The molecule has 28 heavy (non-hydrogen) atoms. The fourth-order valence-electron chi connectivity index (χ4n) is 3.96. The van der Waals surface area contributed by atoms with Crippen LogP contribution in [0, 0.1) is 0 Å². The molecule has 4 heteroatoms. The predicted molar refractivity (Wildman–Crippen MR) is 113 cm³/mol. The van der Waals surface area contributed by atoms with Gasteiger partial charge in [0, 0.05) is 31.9 Å². The normalized spacial score (nSPS) is 16.8. The van der Waals surface area contributed by atoms with Gasteiger partial charge in [-0.1, -0.05) is 24.3 Å². The van der Waals surface area contributed by atoms with Crippen LogP contribution < -0.4 is 4.74 Å². The van der Waals surface area contributed by atoms with E-state index in [4.69, 9.17) is 9.47 Å². The minimum atomic E-state index is 0.143. The molecular weight excluding hydrogens is 350 g/mol. The smallest absolute Gasteiger partial charge is 0.254 e. The van der Waals surface area contributed by atoms with E-state index < -0.39 is 0 Å². The number of benzene rings is 2. The van der Waals surface area contributed by atoms with E-state index in [-0.39, 0.29) is 5.91 Å². The van der Waals surface area contributed by atoms with E-state index in [1.165, 1.54) is 6.42 Å². The van der Waals surface area contributed by atoms with E-state index >= 15 is 0 Å². The summed E-state index contributed by atoms with van der Waals surface area (Å²) < 4.78 is 10.8. The Morgan fingerprint density at radius 1 is 1.11 bits per heavy atom. The summed E-state index contributed by atoms with van der Waals surface area (Å²) >= 11 is 0. The first-order chi connectivity index (χ1) is 13.7. The summed E-state index contributed by atoms with van der Waals surface area (Å²) in [5.41, 5.74) is 2.87. The van der Waals surface area contributed by atoms with Crippen molar-refractivity contribution in [3.63, 3.8) is 0 Å². The second kappa shape index (κ2) is 10.3. The fraction of sp³-hybridized carbons (Fsp3) is 0.458. The minimum Gasteiger partial charge on any atom is -0.494 e. The third-order valence-electron chi connectivity index (χ3n) is 5.36. The van der Waals surface area contributed by atoms with Crippen LogP contribution in [0.2, 0.25) is 0 Å². The molecule has 0 aliphatic carbocycles. The highest BCUT2D eigenvalue weighted by atomic mass is 16.5. The first kappa shape index (κ1) is 20.4. The number of rotatable bonds is 8. The zero-order chi connectivity index (χ0) is 19.8. The molecule has 1 aliphatic rings. The van der Waals surface area contributed by atoms with Gasteiger partial charge >= 0.3 is 0 Å². The van der Waals surface area contributed by atoms with Crippen molar-refractivity contribution >= 4 is 5.91 Å². The van der Waals surface area contributed by atoms with Gasteiger partial charge in [-0.2, -0.15) is 0 Å². The van der Waals surface area contributed by atoms with Gasteiger partial charge in [-0.25, -0.2) is 0 Å². The quantitative estimate of drug-likeness (QED) is 0.592. The number of likely N-dealkylation sites (tertiary alicyclic amines) is 1. The van der Waals surface area contributed by atoms with Crippen LogP contribution in [0.1, 0.15) is 49.4 Å². The molecule has 0 N–H and O–H groups in total. The van der Waals surface area contributed by atoms with Crippen molar-refractivity contribution in [1.82, 2.24) is 4.90 Å². The van der Waals surface area contributed by atoms with Crippen molar-refractivity contribution < 1.29 is 14.3 Å². The van der Waals surface area contributed by atoms with Crippen molar-refractivity contribution in [2.75, 3.05) is 26.9 Å². The maximum atomic E-state index is 13.3. The highest BCUT2D eigenvalue weighted by Crippen LogP contribution is 2.27. The lowest BCUT2D eigenvalue weighted by atomic mass is 9.96. The molecule has 3 rings (SSSR count). The number of carbonyl (C=O) groups is 1. The van der Waals surface area contributed by atoms with Gasteiger partial charge < -0.3 is 14.4 Å². The second-order valence-corrected chi connectivity index (χ2v) is 7.32. The molecule has 150 valence electrons. The minimum absolute atomic E-state index is 0.143. The molecule has 1 amide bonds. The number of piperidine rings is 1. The van der Waals surface area contributed by atoms with Crippen LogP contribution >= 0.6 is 0 Å². The predicted octanol–water partition coefficient (Wildman–Crippen LogP) is 5.17. The van der Waals surface area contributed by atoms with E-state index in [2.05, 4.69) is 11.0 Å². The number of amides is 1. The summed E-state index contributed by atoms with van der Waals surface area (Å²) in [4.78, 5) is 15.3. The second-order valence-electron chi connectivity index (χ2n) is 7.32. The molecule has 1 atom stereocenters. The Morgan fingerprint density at radius 3 is 2.68 bits per heavy atom. The van der Waals surface area contributed by atoms with Gasteiger partial charge in [-0.15, -0.1) is 0 Å². The third kappa shape index (κ3) is 5.14. The van der Waals surface area contributed by atoms with Gasteiger partial charge in [0.25, 0.3) is 5.91 Å². The molecule has 4 nitrogen and oxygen atoms in total. The molecule has 1 heterocycles. The molecule has 1 unspecified atom stereocenters. The summed E-state index contributed by atoms with van der Waals surface area (Å²) in [6.45, 7) is 4.22. The highest BCUT2D eigenvalue weighted by molar-refractivity contribution is 5.95. The lowest BCUT2D eigenvalue weighted by molar-refractivity contribution is 0.0585. The average Bonchev–Trinajstić information content (AvgIpc) is 2.74. The summed E-state index contributed by atoms with van der Waals surface area (Å²) in [5.74, 6) is 0.996. The molecule has 2 aromatic rings. The van der Waals surface area contributed by atoms with E-state index in [0.29, 0.717) is 12.6 Å². The molecule has 1 saturated heterocycles. The number of carbonyl (C=O) groups excluding carboxylic acids is 1. The van der Waals surface area contributed by atoms with Crippen LogP contribution in [-0.4, -0.2) is 43.7 Å². The average molecular weight is 382 g/mol. The van der Waals surface area contributed by atoms with Crippen molar-refractivity contribution in [1.29, 1.82) is 0 Å². The van der Waals surface area contributed by atoms with E-state index in [0.717, 1.165) is 61.3 Å². The van der Waals surface area contributed by atoms with Gasteiger partial charge in [0.1, 0.15) is 5.75 Å². The molecule has 0 bridgehead atoms. The standard InChI is InChI=1S/C24H31NO3/c1-3-28-23-14-7-10-20(18-23)19-9-6-11-21(17-19)24(26)25-15-5-4-12-22(25)13-8-16-27-2/h6-7,9-11,14,17-18,22H,3-5,8,12-13,15-16H2,1-2H3. The molecule has 0 aromatic heterocycles. The Hall–Kier alpha value is -2.33. The van der Waals surface area contributed by atoms with Crippen molar-refractivity contribution in [2.24, 2.45) is 0 Å². The van der Waals surface area contributed by atoms with Crippen LogP contribution in [0.25, 0.3) is 11.1 Å². The van der Waals surface area contributed by atoms with Gasteiger partial charge in [-0.3, -0.25) is 4.79 Å². The number of ether oxygens (including phenoxy) is 2. The summed E-state index contributed by atoms with van der Waals surface area (Å²) in [6, 6.07) is 16.3. The Balaban J connectivity index is 1.78. The first-order valence-electron chi connectivity index (χ1n) is 10.4. The van der Waals surface area contributed by atoms with Crippen LogP contribution in [0.15, 0.2) is 48.5 Å². The number of hydrogen-bond donors (Lipinski definition) is 0. The Labute approximate surface area is 168 Å². The van der Waals surface area contributed by atoms with Gasteiger partial charge in [0.05, 0.1) is 6.61 Å². The molecule has 2 aromatic carbocycles. The van der Waals surface area contributed by atoms with Gasteiger partial charge in [0.2, 0.25) is 0 Å². The Bertz CT molecular complexity index is 774. The fourth-order valence-corrected chi connectivity index (χ4v) is 3.96. The maximum absolute atomic E-state index is 13.3.